The Morgan fingerprint density at radius 3 is 2.62 bits per heavy atom. The number of unbranched alkanes of at least 4 members (excludes halogenated alkanes) is 1. The second kappa shape index (κ2) is 10.1. The summed E-state index contributed by atoms with van der Waals surface area (Å²) < 4.78 is 7.58. The molecule has 0 aliphatic carbocycles. The molecule has 34 heavy (non-hydrogen) atoms. The molecule has 2 aromatic heterocycles. The van der Waals surface area contributed by atoms with Gasteiger partial charge in [-0.15, -0.1) is 0 Å². The van der Waals surface area contributed by atoms with Crippen LogP contribution in [0.1, 0.15) is 45.7 Å². The number of carbonyl (C=O) groups is 1. The van der Waals surface area contributed by atoms with E-state index in [1.165, 1.54) is 0 Å². The molecular weight excluding hydrogens is 430 g/mol. The maximum atomic E-state index is 13.2. The number of aromatic nitrogens is 4. The third-order valence-corrected chi connectivity index (χ3v) is 6.17. The van der Waals surface area contributed by atoms with Crippen molar-refractivity contribution >= 4 is 29.0 Å². The fraction of sp³-hybridized carbons (Fsp3) is 0.440. The minimum absolute atomic E-state index is 0.126. The highest BCUT2D eigenvalue weighted by molar-refractivity contribution is 6.04. The number of benzene rings is 1. The lowest BCUT2D eigenvalue weighted by Gasteiger charge is -2.41. The minimum atomic E-state index is -0.201. The molecule has 0 saturated heterocycles. The summed E-state index contributed by atoms with van der Waals surface area (Å²) in [4.78, 5) is 30.8. The third-order valence-electron chi connectivity index (χ3n) is 6.17. The molecule has 1 atom stereocenters. The van der Waals surface area contributed by atoms with Gasteiger partial charge in [0.1, 0.15) is 17.5 Å². The fourth-order valence-electron chi connectivity index (χ4n) is 4.41. The van der Waals surface area contributed by atoms with Crippen molar-refractivity contribution in [3.63, 3.8) is 0 Å². The number of likely N-dealkylation sites (N-methyl/N-ethyl adjacent to an activating group) is 2. The number of hydrogen-bond donors (Lipinski definition) is 1. The van der Waals surface area contributed by atoms with Crippen LogP contribution in [-0.2, 0) is 4.79 Å². The van der Waals surface area contributed by atoms with Gasteiger partial charge in [0.25, 0.3) is 0 Å². The number of ether oxygens (including phenoxy) is 1. The van der Waals surface area contributed by atoms with E-state index >= 15 is 0 Å². The first-order chi connectivity index (χ1) is 16.5. The van der Waals surface area contributed by atoms with Crippen molar-refractivity contribution in [2.75, 3.05) is 35.3 Å². The van der Waals surface area contributed by atoms with E-state index in [0.717, 1.165) is 47.8 Å². The molecule has 3 aromatic rings. The molecule has 0 saturated carbocycles. The van der Waals surface area contributed by atoms with Crippen molar-refractivity contribution < 1.29 is 9.53 Å². The highest BCUT2D eigenvalue weighted by Crippen LogP contribution is 2.37. The first kappa shape index (κ1) is 23.5. The van der Waals surface area contributed by atoms with Crippen molar-refractivity contribution in [3.05, 3.63) is 42.6 Å². The number of rotatable bonds is 9. The number of anilines is 4. The van der Waals surface area contributed by atoms with Crippen LogP contribution in [0.2, 0.25) is 0 Å². The Morgan fingerprint density at radius 2 is 1.97 bits per heavy atom. The number of hydrogen-bond acceptors (Lipinski definition) is 7. The van der Waals surface area contributed by atoms with Gasteiger partial charge < -0.3 is 24.4 Å². The number of imidazole rings is 1. The van der Waals surface area contributed by atoms with Crippen LogP contribution in [0.25, 0.3) is 5.69 Å². The number of fused-ring (bicyclic) bond motifs is 1. The average molecular weight is 464 g/mol. The van der Waals surface area contributed by atoms with Crippen LogP contribution in [0.4, 0.5) is 23.1 Å². The summed E-state index contributed by atoms with van der Waals surface area (Å²) in [6, 6.07) is 5.67. The summed E-state index contributed by atoms with van der Waals surface area (Å²) >= 11 is 0. The lowest BCUT2D eigenvalue weighted by atomic mass is 10.0. The van der Waals surface area contributed by atoms with Crippen molar-refractivity contribution in [1.82, 2.24) is 19.5 Å². The zero-order chi connectivity index (χ0) is 24.2. The fourth-order valence-corrected chi connectivity index (χ4v) is 4.41. The minimum Gasteiger partial charge on any atom is -0.494 e. The number of amides is 1. The second-order valence-electron chi connectivity index (χ2n) is 8.36. The van der Waals surface area contributed by atoms with Crippen LogP contribution in [0.5, 0.6) is 5.75 Å². The van der Waals surface area contributed by atoms with Crippen molar-refractivity contribution in [2.24, 2.45) is 0 Å². The van der Waals surface area contributed by atoms with Crippen LogP contribution in [0.15, 0.2) is 36.9 Å². The van der Waals surface area contributed by atoms with E-state index in [2.05, 4.69) is 34.0 Å². The summed E-state index contributed by atoms with van der Waals surface area (Å²) in [5.74, 6) is 2.04. The smallest absolute Gasteiger partial charge is 0.249 e. The normalized spacial score (nSPS) is 15.4. The average Bonchev–Trinajstić information content (AvgIpc) is 3.29. The molecule has 1 aromatic carbocycles. The lowest BCUT2D eigenvalue weighted by Crippen LogP contribution is -2.54. The van der Waals surface area contributed by atoms with Crippen molar-refractivity contribution in [2.45, 2.75) is 53.0 Å². The lowest BCUT2D eigenvalue weighted by molar-refractivity contribution is -0.120. The summed E-state index contributed by atoms with van der Waals surface area (Å²) in [5.41, 5.74) is 3.40. The Morgan fingerprint density at radius 1 is 1.15 bits per heavy atom. The summed E-state index contributed by atoms with van der Waals surface area (Å²) in [7, 11) is 1.64. The van der Waals surface area contributed by atoms with E-state index in [1.807, 2.05) is 42.8 Å². The molecular formula is C25H33N7O2. The van der Waals surface area contributed by atoms with Crippen LogP contribution >= 0.6 is 0 Å². The van der Waals surface area contributed by atoms with E-state index in [0.29, 0.717) is 24.8 Å². The van der Waals surface area contributed by atoms with Crippen LogP contribution < -0.4 is 19.9 Å². The predicted molar refractivity (Wildman–Crippen MR) is 135 cm³/mol. The largest absolute Gasteiger partial charge is 0.494 e. The van der Waals surface area contributed by atoms with Gasteiger partial charge in [0.05, 0.1) is 36.7 Å². The number of methoxy groups -OCH3 is 1. The Balaban J connectivity index is 1.66. The molecule has 0 fully saturated rings. The van der Waals surface area contributed by atoms with Crippen LogP contribution in [-0.4, -0.2) is 51.7 Å². The molecule has 1 N–H and O–H groups in total. The SMILES string of the molecule is CCCCC1C(=O)N(CC)c2cnc(Nc3ccc(-n4cnc(C)c4)cc3OC)nc2N1CC. The number of aryl methyl sites for hydroxylation is 1. The molecule has 0 spiro atoms. The quantitative estimate of drug-likeness (QED) is 0.501. The second-order valence-corrected chi connectivity index (χ2v) is 8.36. The molecule has 4 rings (SSSR count). The highest BCUT2D eigenvalue weighted by Gasteiger charge is 2.37. The Bertz CT molecular complexity index is 1160. The molecule has 3 heterocycles. The van der Waals surface area contributed by atoms with Gasteiger partial charge in [0, 0.05) is 25.4 Å². The molecule has 9 nitrogen and oxygen atoms in total. The van der Waals surface area contributed by atoms with E-state index in [1.54, 1.807) is 24.5 Å². The predicted octanol–water partition coefficient (Wildman–Crippen LogP) is 4.47. The van der Waals surface area contributed by atoms with Gasteiger partial charge in [0.2, 0.25) is 11.9 Å². The topological polar surface area (TPSA) is 88.4 Å². The Labute approximate surface area is 200 Å². The number of nitrogens with one attached hydrogen (secondary N) is 1. The molecule has 1 aliphatic heterocycles. The molecule has 1 aliphatic rings. The van der Waals surface area contributed by atoms with Gasteiger partial charge in [-0.3, -0.25) is 4.79 Å². The first-order valence-corrected chi connectivity index (χ1v) is 11.9. The molecule has 9 heteroatoms. The first-order valence-electron chi connectivity index (χ1n) is 11.9. The van der Waals surface area contributed by atoms with Gasteiger partial charge >= 0.3 is 0 Å². The monoisotopic (exact) mass is 463 g/mol. The highest BCUT2D eigenvalue weighted by atomic mass is 16.5. The number of carbonyl (C=O) groups excluding carboxylic acids is 1. The third kappa shape index (κ3) is 4.42. The molecule has 0 radical (unpaired) electrons. The van der Waals surface area contributed by atoms with E-state index < -0.39 is 0 Å². The van der Waals surface area contributed by atoms with Crippen LogP contribution in [0, 0.1) is 6.92 Å². The summed E-state index contributed by atoms with van der Waals surface area (Å²) in [6.45, 7) is 9.43. The maximum absolute atomic E-state index is 13.2. The number of nitrogens with zero attached hydrogens (tertiary/aromatic N) is 6. The summed E-state index contributed by atoms with van der Waals surface area (Å²) in [6.07, 6.45) is 8.33. The van der Waals surface area contributed by atoms with E-state index in [4.69, 9.17) is 9.72 Å². The molecule has 1 amide bonds. The molecule has 180 valence electrons. The van der Waals surface area contributed by atoms with Gasteiger partial charge in [0.15, 0.2) is 5.82 Å². The van der Waals surface area contributed by atoms with Crippen LogP contribution in [0.3, 0.4) is 0 Å². The Kier molecular flexibility index (Phi) is 7.00. The molecule has 1 unspecified atom stereocenters. The van der Waals surface area contributed by atoms with Gasteiger partial charge in [-0.25, -0.2) is 9.97 Å². The standard InChI is InChI=1S/C25H33N7O2/c1-6-9-10-20-24(33)32(8-3)21-14-26-25(29-23(21)31(20)7-2)28-19-12-11-18(13-22(19)34-5)30-15-17(4)27-16-30/h11-16,20H,6-10H2,1-5H3,(H,26,28,29). The van der Waals surface area contributed by atoms with Crippen molar-refractivity contribution in [1.29, 1.82) is 0 Å². The summed E-state index contributed by atoms with van der Waals surface area (Å²) in [5, 5.41) is 3.30. The van der Waals surface area contributed by atoms with Gasteiger partial charge in [-0.2, -0.15) is 4.98 Å². The zero-order valence-corrected chi connectivity index (χ0v) is 20.6. The van der Waals surface area contributed by atoms with Crippen molar-refractivity contribution in [3.8, 4) is 11.4 Å². The van der Waals surface area contributed by atoms with E-state index in [-0.39, 0.29) is 11.9 Å². The van der Waals surface area contributed by atoms with Gasteiger partial charge in [-0.1, -0.05) is 19.8 Å². The zero-order valence-electron chi connectivity index (χ0n) is 20.6. The molecule has 0 bridgehead atoms. The Hall–Kier alpha value is -3.62. The maximum Gasteiger partial charge on any atom is 0.249 e. The van der Waals surface area contributed by atoms with Gasteiger partial charge in [-0.05, 0) is 39.3 Å². The van der Waals surface area contributed by atoms with E-state index in [9.17, 15) is 4.79 Å².